The average Bonchev–Trinajstić information content (AvgIpc) is 2.69. The van der Waals surface area contributed by atoms with Crippen LogP contribution in [0.2, 0.25) is 0 Å². The van der Waals surface area contributed by atoms with Gasteiger partial charge in [-0.05, 0) is 38.0 Å². The van der Waals surface area contributed by atoms with Crippen LogP contribution in [0.4, 0.5) is 0 Å². The molecule has 0 aromatic rings. The average molecular weight is 442 g/mol. The summed E-state index contributed by atoms with van der Waals surface area (Å²) < 4.78 is 0. The maximum absolute atomic E-state index is 12.0. The molecule has 0 aromatic carbocycles. The van der Waals surface area contributed by atoms with Crippen LogP contribution in [-0.2, 0) is 4.79 Å². The van der Waals surface area contributed by atoms with Crippen LogP contribution in [0.3, 0.4) is 0 Å². The Morgan fingerprint density at radius 2 is 0.903 bits per heavy atom. The summed E-state index contributed by atoms with van der Waals surface area (Å²) in [6.07, 6.45) is 23.9. The molecule has 188 valence electrons. The number of carboxylic acids is 1. The zero-order valence-corrected chi connectivity index (χ0v) is 22.4. The quantitative estimate of drug-likeness (QED) is 0.174. The van der Waals surface area contributed by atoms with E-state index in [2.05, 4.69) is 27.7 Å². The van der Waals surface area contributed by atoms with E-state index in [-0.39, 0.29) is 11.6 Å². The second kappa shape index (κ2) is 18.9. The Kier molecular flexibility index (Phi) is 19.9. The molecular formula is C28H59NO2. The predicted molar refractivity (Wildman–Crippen MR) is 138 cm³/mol. The normalized spacial score (nSPS) is 13.1. The van der Waals surface area contributed by atoms with Gasteiger partial charge in [-0.15, -0.1) is 0 Å². The number of carboxylic acid groups (broad SMARTS) is 1. The number of unbranched alkanes of at least 4 members (excludes halogenated alkanes) is 14. The van der Waals surface area contributed by atoms with Crippen LogP contribution in [0, 0.1) is 16.7 Å². The van der Waals surface area contributed by atoms with Gasteiger partial charge in [0.1, 0.15) is 0 Å². The van der Waals surface area contributed by atoms with E-state index in [0.717, 1.165) is 0 Å². The van der Waals surface area contributed by atoms with E-state index in [1.165, 1.54) is 116 Å². The van der Waals surface area contributed by atoms with E-state index in [9.17, 15) is 9.90 Å². The van der Waals surface area contributed by atoms with Crippen LogP contribution in [-0.4, -0.2) is 11.1 Å². The van der Waals surface area contributed by atoms with Gasteiger partial charge in [-0.3, -0.25) is 4.79 Å². The van der Waals surface area contributed by atoms with Crippen molar-refractivity contribution in [1.29, 1.82) is 0 Å². The Balaban J connectivity index is 0. The molecule has 1 unspecified atom stereocenters. The molecule has 0 saturated carbocycles. The molecule has 0 spiro atoms. The van der Waals surface area contributed by atoms with Crippen molar-refractivity contribution in [3.05, 3.63) is 0 Å². The first-order chi connectivity index (χ1) is 14.2. The van der Waals surface area contributed by atoms with Crippen LogP contribution in [0.15, 0.2) is 0 Å². The molecule has 0 saturated heterocycles. The first-order valence-electron chi connectivity index (χ1n) is 13.4. The van der Waals surface area contributed by atoms with Crippen molar-refractivity contribution in [3.63, 3.8) is 0 Å². The number of aliphatic carboxylic acids is 1. The SMILES string of the molecule is CCCCCCCCCCCCC(CCCCCCCC)C(C)(C)C(C)(C)C(=O)O.N. The summed E-state index contributed by atoms with van der Waals surface area (Å²) >= 11 is 0. The molecule has 0 aliphatic carbocycles. The molecule has 0 amide bonds. The van der Waals surface area contributed by atoms with Gasteiger partial charge in [-0.2, -0.15) is 0 Å². The topological polar surface area (TPSA) is 72.3 Å². The molecule has 0 bridgehead atoms. The molecule has 0 rings (SSSR count). The fraction of sp³-hybridized carbons (Fsp3) is 0.964. The third-order valence-electron chi connectivity index (χ3n) is 7.98. The van der Waals surface area contributed by atoms with Crippen LogP contribution in [0.1, 0.15) is 157 Å². The summed E-state index contributed by atoms with van der Waals surface area (Å²) in [6, 6.07) is 0. The molecule has 3 nitrogen and oxygen atoms in total. The Morgan fingerprint density at radius 3 is 1.19 bits per heavy atom. The number of rotatable bonds is 21. The molecule has 0 fully saturated rings. The van der Waals surface area contributed by atoms with E-state index < -0.39 is 11.4 Å². The fourth-order valence-corrected chi connectivity index (χ4v) is 4.70. The molecule has 31 heavy (non-hydrogen) atoms. The van der Waals surface area contributed by atoms with Gasteiger partial charge in [0.2, 0.25) is 0 Å². The molecule has 0 aromatic heterocycles. The third kappa shape index (κ3) is 13.5. The molecule has 3 heteroatoms. The minimum atomic E-state index is -0.682. The number of carbonyl (C=O) groups is 1. The van der Waals surface area contributed by atoms with E-state index >= 15 is 0 Å². The highest BCUT2D eigenvalue weighted by Crippen LogP contribution is 2.48. The van der Waals surface area contributed by atoms with Crippen molar-refractivity contribution in [2.75, 3.05) is 0 Å². The van der Waals surface area contributed by atoms with E-state index in [0.29, 0.717) is 5.92 Å². The lowest BCUT2D eigenvalue weighted by Gasteiger charge is -2.45. The summed E-state index contributed by atoms with van der Waals surface area (Å²) in [5.74, 6) is -0.146. The van der Waals surface area contributed by atoms with Crippen molar-refractivity contribution in [1.82, 2.24) is 6.15 Å². The minimum Gasteiger partial charge on any atom is -0.481 e. The van der Waals surface area contributed by atoms with Crippen molar-refractivity contribution < 1.29 is 9.90 Å². The van der Waals surface area contributed by atoms with Gasteiger partial charge >= 0.3 is 5.97 Å². The second-order valence-electron chi connectivity index (χ2n) is 10.9. The highest BCUT2D eigenvalue weighted by Gasteiger charge is 2.47. The molecule has 0 radical (unpaired) electrons. The van der Waals surface area contributed by atoms with Crippen LogP contribution in [0.5, 0.6) is 0 Å². The highest BCUT2D eigenvalue weighted by atomic mass is 16.4. The fourth-order valence-electron chi connectivity index (χ4n) is 4.70. The molecule has 0 aliphatic heterocycles. The Bertz CT molecular complexity index is 417. The van der Waals surface area contributed by atoms with Crippen LogP contribution < -0.4 is 6.15 Å². The summed E-state index contributed by atoms with van der Waals surface area (Å²) in [5.41, 5.74) is -0.861. The predicted octanol–water partition coefficient (Wildman–Crippen LogP) is 9.96. The minimum absolute atomic E-state index is 0. The van der Waals surface area contributed by atoms with Crippen molar-refractivity contribution in [3.8, 4) is 0 Å². The molecule has 0 heterocycles. The zero-order chi connectivity index (χ0) is 22.9. The van der Waals surface area contributed by atoms with Crippen molar-refractivity contribution >= 4 is 5.97 Å². The smallest absolute Gasteiger partial charge is 0.309 e. The Hall–Kier alpha value is -0.570. The molecule has 0 aliphatic rings. The van der Waals surface area contributed by atoms with E-state index in [4.69, 9.17) is 0 Å². The lowest BCUT2D eigenvalue weighted by atomic mass is 9.59. The third-order valence-corrected chi connectivity index (χ3v) is 7.98. The largest absolute Gasteiger partial charge is 0.481 e. The van der Waals surface area contributed by atoms with Crippen LogP contribution >= 0.6 is 0 Å². The Labute approximate surface area is 196 Å². The maximum atomic E-state index is 12.0. The Morgan fingerprint density at radius 1 is 0.613 bits per heavy atom. The lowest BCUT2D eigenvalue weighted by Crippen LogP contribution is -2.44. The summed E-state index contributed by atoms with van der Waals surface area (Å²) in [5, 5.41) is 9.84. The zero-order valence-electron chi connectivity index (χ0n) is 22.4. The molecule has 1 atom stereocenters. The molecule has 4 N–H and O–H groups in total. The number of hydrogen-bond acceptors (Lipinski definition) is 2. The monoisotopic (exact) mass is 441 g/mol. The first kappa shape index (κ1) is 32.6. The van der Waals surface area contributed by atoms with Gasteiger partial charge in [0, 0.05) is 0 Å². The summed E-state index contributed by atoms with van der Waals surface area (Å²) in [4.78, 5) is 12.0. The van der Waals surface area contributed by atoms with Gasteiger partial charge in [-0.1, -0.05) is 130 Å². The standard InChI is InChI=1S/C28H56O2.H3N/c1-7-9-11-13-15-16-17-18-20-22-24-25(23-21-19-14-12-10-8-2)27(3,4)28(5,6)26(29)30;/h25H,7-24H2,1-6H3,(H,29,30);1H3. The number of hydrogen-bond donors (Lipinski definition) is 2. The molecular weight excluding hydrogens is 382 g/mol. The lowest BCUT2D eigenvalue weighted by molar-refractivity contribution is -0.157. The summed E-state index contributed by atoms with van der Waals surface area (Å²) in [6.45, 7) is 12.8. The summed E-state index contributed by atoms with van der Waals surface area (Å²) in [7, 11) is 0. The van der Waals surface area contributed by atoms with Gasteiger partial charge in [0.05, 0.1) is 5.41 Å². The van der Waals surface area contributed by atoms with E-state index in [1.54, 1.807) is 0 Å². The maximum Gasteiger partial charge on any atom is 0.309 e. The van der Waals surface area contributed by atoms with Gasteiger partial charge in [0.15, 0.2) is 0 Å². The van der Waals surface area contributed by atoms with Gasteiger partial charge in [-0.25, -0.2) is 0 Å². The van der Waals surface area contributed by atoms with E-state index in [1.807, 2.05) is 13.8 Å². The highest BCUT2D eigenvalue weighted by molar-refractivity contribution is 5.74. The van der Waals surface area contributed by atoms with Crippen molar-refractivity contribution in [2.45, 2.75) is 157 Å². The second-order valence-corrected chi connectivity index (χ2v) is 10.9. The van der Waals surface area contributed by atoms with Gasteiger partial charge in [0.25, 0.3) is 0 Å². The van der Waals surface area contributed by atoms with Crippen LogP contribution in [0.25, 0.3) is 0 Å². The van der Waals surface area contributed by atoms with Crippen molar-refractivity contribution in [2.24, 2.45) is 16.7 Å². The van der Waals surface area contributed by atoms with Gasteiger partial charge < -0.3 is 11.3 Å². The first-order valence-corrected chi connectivity index (χ1v) is 13.4.